The number of amides is 4. The van der Waals surface area contributed by atoms with Crippen LogP contribution in [0.2, 0.25) is 0 Å². The van der Waals surface area contributed by atoms with Crippen LogP contribution in [0.1, 0.15) is 83.4 Å². The van der Waals surface area contributed by atoms with Gasteiger partial charge in [0.15, 0.2) is 0 Å². The summed E-state index contributed by atoms with van der Waals surface area (Å²) in [6.07, 6.45) is 3.22. The average Bonchev–Trinajstić information content (AvgIpc) is 3.31. The zero-order valence-corrected chi connectivity index (χ0v) is 29.9. The fourth-order valence-electron chi connectivity index (χ4n) is 7.25. The number of aryl methyl sites for hydroxylation is 1. The van der Waals surface area contributed by atoms with Gasteiger partial charge in [-0.25, -0.2) is 9.59 Å². The summed E-state index contributed by atoms with van der Waals surface area (Å²) in [5, 5.41) is 4.15. The predicted molar refractivity (Wildman–Crippen MR) is 180 cm³/mol. The third-order valence-electron chi connectivity index (χ3n) is 10.3. The molecule has 12 nitrogen and oxygen atoms in total. The molecular formula is C35H51N4O8P. The number of cyclic esters (lactones) is 1. The summed E-state index contributed by atoms with van der Waals surface area (Å²) < 4.78 is 24.5. The summed E-state index contributed by atoms with van der Waals surface area (Å²) in [4.78, 5) is 68.5. The molecule has 1 saturated carbocycles. The quantitative estimate of drug-likeness (QED) is 0.298. The largest absolute Gasteiger partial charge is 0.449 e. The lowest BCUT2D eigenvalue weighted by atomic mass is 9.85. The van der Waals surface area contributed by atoms with Gasteiger partial charge in [0.05, 0.1) is 13.2 Å². The highest BCUT2D eigenvalue weighted by Gasteiger charge is 2.64. The van der Waals surface area contributed by atoms with Gasteiger partial charge in [-0.15, -0.1) is 6.58 Å². The zero-order valence-electron chi connectivity index (χ0n) is 29.0. The van der Waals surface area contributed by atoms with E-state index in [4.69, 9.17) is 9.47 Å². The number of hydrogen-bond donors (Lipinski definition) is 3. The van der Waals surface area contributed by atoms with Gasteiger partial charge in [-0.05, 0) is 53.2 Å². The van der Waals surface area contributed by atoms with E-state index in [-0.39, 0.29) is 31.4 Å². The standard InChI is InChI=1S/C35H51N4O8P/c1-8-24-17-35(24,48(7,44)45)37-29(40)27-16-25-19-39(27)30(41)28(33(2,3)4)36-31(42)46-21-34(5,6)15-10-9-12-22-13-11-14-23-18-38(20-26(22)23)32(43)47-25/h8,11,13-14,24-25,27-28H,1,9-10,12,15-21H2,2-7H3,(H,36,42)(H,37,40)(H,44,45)/t24?,25-,27+,28-,35?/m1/s1. The zero-order chi connectivity index (χ0) is 35.2. The number of hydrogen-bond acceptors (Lipinski definition) is 7. The first-order valence-corrected chi connectivity index (χ1v) is 19.0. The van der Waals surface area contributed by atoms with Crippen molar-refractivity contribution >= 4 is 31.4 Å². The summed E-state index contributed by atoms with van der Waals surface area (Å²) in [6.45, 7) is 15.3. The molecule has 3 aliphatic heterocycles. The number of nitrogens with zero attached hydrogens (tertiary/aromatic N) is 2. The maximum Gasteiger partial charge on any atom is 0.410 e. The van der Waals surface area contributed by atoms with Crippen LogP contribution in [0.5, 0.6) is 0 Å². The number of rotatable bonds is 4. The van der Waals surface area contributed by atoms with Crippen molar-refractivity contribution in [3.8, 4) is 0 Å². The van der Waals surface area contributed by atoms with E-state index in [1.165, 1.54) is 17.1 Å². The molecule has 0 aromatic heterocycles. The Hall–Kier alpha value is -3.37. The first-order valence-electron chi connectivity index (χ1n) is 16.9. The van der Waals surface area contributed by atoms with Gasteiger partial charge in [0.25, 0.3) is 0 Å². The van der Waals surface area contributed by atoms with E-state index in [1.807, 2.05) is 26.0 Å². The SMILES string of the molecule is C=CC1CC1(NC(=O)[C@@H]1C[C@@H]2CN1C(=O)[C@H](C(C)(C)C)NC(=O)OCC(C)(C)CCCCc1cccc3c1CN(C3)C(=O)O2)P(C)(=O)O. The molecular weight excluding hydrogens is 635 g/mol. The third-order valence-corrected chi connectivity index (χ3v) is 12.4. The van der Waals surface area contributed by atoms with Crippen LogP contribution in [-0.2, 0) is 43.1 Å². The number of carbonyl (C=O) groups is 4. The number of fused-ring (bicyclic) bond motifs is 3. The van der Waals surface area contributed by atoms with Crippen molar-refractivity contribution < 1.29 is 38.1 Å². The van der Waals surface area contributed by atoms with Crippen molar-refractivity contribution in [1.29, 1.82) is 0 Å². The second-order valence-electron chi connectivity index (χ2n) is 15.9. The Kier molecular flexibility index (Phi) is 9.85. The van der Waals surface area contributed by atoms with Gasteiger partial charge >= 0.3 is 12.2 Å². The van der Waals surface area contributed by atoms with Crippen LogP contribution < -0.4 is 10.6 Å². The normalized spacial score (nSPS) is 30.8. The maximum atomic E-state index is 14.3. The van der Waals surface area contributed by atoms with Gasteiger partial charge in [-0.1, -0.05) is 65.3 Å². The lowest BCUT2D eigenvalue weighted by molar-refractivity contribution is -0.142. The van der Waals surface area contributed by atoms with E-state index in [2.05, 4.69) is 23.3 Å². The molecule has 0 spiro atoms. The third kappa shape index (κ3) is 7.44. The minimum Gasteiger partial charge on any atom is -0.449 e. The predicted octanol–water partition coefficient (Wildman–Crippen LogP) is 4.92. The van der Waals surface area contributed by atoms with E-state index in [9.17, 15) is 28.6 Å². The molecule has 264 valence electrons. The fraction of sp³-hybridized carbons (Fsp3) is 0.657. The van der Waals surface area contributed by atoms with E-state index >= 15 is 0 Å². The van der Waals surface area contributed by atoms with Crippen LogP contribution in [0.4, 0.5) is 9.59 Å². The van der Waals surface area contributed by atoms with E-state index in [0.717, 1.165) is 36.8 Å². The van der Waals surface area contributed by atoms with Crippen LogP contribution in [0.3, 0.4) is 0 Å². The molecule has 13 heteroatoms. The first-order chi connectivity index (χ1) is 22.3. The second kappa shape index (κ2) is 13.2. The van der Waals surface area contributed by atoms with Gasteiger partial charge in [-0.3, -0.25) is 19.1 Å². The first kappa shape index (κ1) is 35.9. The van der Waals surface area contributed by atoms with E-state index in [1.54, 1.807) is 31.7 Å². The summed E-state index contributed by atoms with van der Waals surface area (Å²) >= 11 is 0. The number of benzene rings is 1. The summed E-state index contributed by atoms with van der Waals surface area (Å²) in [5.41, 5.74) is 2.31. The van der Waals surface area contributed by atoms with Gasteiger partial charge in [-0.2, -0.15) is 0 Å². The lowest BCUT2D eigenvalue weighted by Crippen LogP contribution is -2.58. The molecule has 6 atom stereocenters. The highest BCUT2D eigenvalue weighted by molar-refractivity contribution is 7.59. The van der Waals surface area contributed by atoms with Crippen LogP contribution >= 0.6 is 7.37 Å². The highest BCUT2D eigenvalue weighted by atomic mass is 31.2. The second-order valence-corrected chi connectivity index (χ2v) is 18.4. The monoisotopic (exact) mass is 686 g/mol. The van der Waals surface area contributed by atoms with Gasteiger partial charge in [0.1, 0.15) is 23.5 Å². The van der Waals surface area contributed by atoms with Gasteiger partial charge < -0.3 is 29.9 Å². The van der Waals surface area contributed by atoms with E-state index in [0.29, 0.717) is 13.1 Å². The number of alkyl carbamates (subject to hydrolysis) is 1. The van der Waals surface area contributed by atoms with Crippen molar-refractivity contribution in [2.75, 3.05) is 19.8 Å². The van der Waals surface area contributed by atoms with Crippen molar-refractivity contribution in [3.63, 3.8) is 0 Å². The fourth-order valence-corrected chi connectivity index (χ4v) is 8.82. The Morgan fingerprint density at radius 1 is 1.17 bits per heavy atom. The average molecular weight is 687 g/mol. The molecule has 0 radical (unpaired) electrons. The summed E-state index contributed by atoms with van der Waals surface area (Å²) in [7, 11) is -3.81. The van der Waals surface area contributed by atoms with Gasteiger partial charge in [0, 0.05) is 32.1 Å². The van der Waals surface area contributed by atoms with Crippen molar-refractivity contribution in [1.82, 2.24) is 20.4 Å². The van der Waals surface area contributed by atoms with Crippen LogP contribution in [0, 0.1) is 16.7 Å². The molecule has 5 rings (SSSR count). The molecule has 3 heterocycles. The smallest absolute Gasteiger partial charge is 0.410 e. The number of nitrogens with one attached hydrogen (secondary N) is 2. The molecule has 1 aromatic rings. The topological polar surface area (TPSA) is 155 Å². The molecule has 4 aliphatic rings. The maximum absolute atomic E-state index is 14.3. The molecule has 2 fully saturated rings. The summed E-state index contributed by atoms with van der Waals surface area (Å²) in [5.74, 6) is -1.57. The van der Waals surface area contributed by atoms with Crippen LogP contribution in [0.25, 0.3) is 0 Å². The Labute approximate surface area is 283 Å². The van der Waals surface area contributed by atoms with Gasteiger partial charge in [0.2, 0.25) is 19.2 Å². The minimum atomic E-state index is -3.81. The van der Waals surface area contributed by atoms with Crippen molar-refractivity contribution in [2.24, 2.45) is 16.7 Å². The van der Waals surface area contributed by atoms with Crippen molar-refractivity contribution in [2.45, 2.75) is 110 Å². The Morgan fingerprint density at radius 3 is 2.52 bits per heavy atom. The minimum absolute atomic E-state index is 0.0148. The molecule has 1 aromatic carbocycles. The Balaban J connectivity index is 1.45. The van der Waals surface area contributed by atoms with Crippen LogP contribution in [0.15, 0.2) is 30.9 Å². The lowest BCUT2D eigenvalue weighted by Gasteiger charge is -2.35. The van der Waals surface area contributed by atoms with Crippen LogP contribution in [-0.4, -0.2) is 82.0 Å². The molecule has 3 N–H and O–H groups in total. The molecule has 48 heavy (non-hydrogen) atoms. The molecule has 1 aliphatic carbocycles. The molecule has 4 bridgehead atoms. The molecule has 3 unspecified atom stereocenters. The highest BCUT2D eigenvalue weighted by Crippen LogP contribution is 2.67. The molecule has 1 saturated heterocycles. The number of carbonyl (C=O) groups excluding carboxylic acids is 4. The Bertz CT molecular complexity index is 1520. The molecule has 4 amide bonds. The summed E-state index contributed by atoms with van der Waals surface area (Å²) in [6, 6.07) is 3.92. The van der Waals surface area contributed by atoms with Crippen molar-refractivity contribution in [3.05, 3.63) is 47.5 Å². The van der Waals surface area contributed by atoms with E-state index < -0.39 is 66.2 Å². The number of ether oxygens (including phenoxy) is 2. The Morgan fingerprint density at radius 2 is 1.88 bits per heavy atom.